The van der Waals surface area contributed by atoms with Gasteiger partial charge >= 0.3 is 0 Å². The summed E-state index contributed by atoms with van der Waals surface area (Å²) >= 11 is 3.53. The summed E-state index contributed by atoms with van der Waals surface area (Å²) in [5, 5.41) is 0. The number of likely N-dealkylation sites (tertiary alicyclic amines) is 1. The fraction of sp³-hybridized carbons (Fsp3) is 0.333. The number of halogens is 2. The van der Waals surface area contributed by atoms with Crippen molar-refractivity contribution < 1.29 is 9.13 Å². The molecule has 0 radical (unpaired) electrons. The van der Waals surface area contributed by atoms with Crippen LogP contribution in [0.4, 0.5) is 4.39 Å². The average molecular weight is 364 g/mol. The highest BCUT2D eigenvalue weighted by Gasteiger charge is 2.26. The van der Waals surface area contributed by atoms with Crippen LogP contribution in [0.5, 0.6) is 5.75 Å². The van der Waals surface area contributed by atoms with Gasteiger partial charge in [0.1, 0.15) is 11.6 Å². The maximum absolute atomic E-state index is 13.5. The van der Waals surface area contributed by atoms with Crippen molar-refractivity contribution in [2.24, 2.45) is 0 Å². The zero-order chi connectivity index (χ0) is 15.5. The van der Waals surface area contributed by atoms with Gasteiger partial charge in [0.2, 0.25) is 0 Å². The van der Waals surface area contributed by atoms with Crippen LogP contribution in [0.15, 0.2) is 46.9 Å². The minimum Gasteiger partial charge on any atom is -0.496 e. The molecule has 0 bridgehead atoms. The second-order valence-electron chi connectivity index (χ2n) is 5.65. The molecule has 4 heteroatoms. The predicted molar refractivity (Wildman–Crippen MR) is 89.5 cm³/mol. The molecule has 0 aliphatic carbocycles. The lowest BCUT2D eigenvalue weighted by atomic mass is 10.0. The van der Waals surface area contributed by atoms with Crippen molar-refractivity contribution in [2.75, 3.05) is 13.7 Å². The Morgan fingerprint density at radius 3 is 2.86 bits per heavy atom. The first kappa shape index (κ1) is 15.5. The molecule has 2 aromatic carbocycles. The van der Waals surface area contributed by atoms with Crippen LogP contribution in [-0.4, -0.2) is 18.6 Å². The second kappa shape index (κ2) is 6.80. The molecule has 1 saturated heterocycles. The maximum atomic E-state index is 13.5. The van der Waals surface area contributed by atoms with E-state index in [1.54, 1.807) is 19.2 Å². The number of nitrogens with zero attached hydrogens (tertiary/aromatic N) is 1. The van der Waals surface area contributed by atoms with Gasteiger partial charge in [0.15, 0.2) is 0 Å². The highest BCUT2D eigenvalue weighted by atomic mass is 79.9. The summed E-state index contributed by atoms with van der Waals surface area (Å²) in [7, 11) is 1.67. The molecular weight excluding hydrogens is 345 g/mol. The van der Waals surface area contributed by atoms with Gasteiger partial charge in [-0.2, -0.15) is 0 Å². The molecule has 0 saturated carbocycles. The summed E-state index contributed by atoms with van der Waals surface area (Å²) in [5.41, 5.74) is 2.31. The van der Waals surface area contributed by atoms with Crippen LogP contribution in [-0.2, 0) is 6.54 Å². The van der Waals surface area contributed by atoms with E-state index in [9.17, 15) is 4.39 Å². The Hall–Kier alpha value is -1.39. The lowest BCUT2D eigenvalue weighted by molar-refractivity contribution is 0.248. The zero-order valence-corrected chi connectivity index (χ0v) is 14.1. The van der Waals surface area contributed by atoms with Crippen LogP contribution in [0, 0.1) is 5.82 Å². The van der Waals surface area contributed by atoms with E-state index in [1.165, 1.54) is 11.6 Å². The Balaban J connectivity index is 1.78. The molecule has 1 heterocycles. The fourth-order valence-electron chi connectivity index (χ4n) is 3.15. The van der Waals surface area contributed by atoms with Crippen molar-refractivity contribution in [3.63, 3.8) is 0 Å². The highest BCUT2D eigenvalue weighted by Crippen LogP contribution is 2.34. The van der Waals surface area contributed by atoms with Gasteiger partial charge in [0, 0.05) is 12.6 Å². The molecule has 0 spiro atoms. The van der Waals surface area contributed by atoms with Crippen LogP contribution >= 0.6 is 15.9 Å². The molecule has 2 nitrogen and oxygen atoms in total. The molecule has 1 fully saturated rings. The lowest BCUT2D eigenvalue weighted by Gasteiger charge is -2.25. The molecule has 0 unspecified atom stereocenters. The summed E-state index contributed by atoms with van der Waals surface area (Å²) in [6.07, 6.45) is 2.24. The van der Waals surface area contributed by atoms with E-state index in [0.29, 0.717) is 6.04 Å². The Morgan fingerprint density at radius 2 is 2.14 bits per heavy atom. The molecule has 0 aromatic heterocycles. The van der Waals surface area contributed by atoms with E-state index in [1.807, 2.05) is 12.1 Å². The van der Waals surface area contributed by atoms with Gasteiger partial charge < -0.3 is 4.74 Å². The number of hydrogen-bond acceptors (Lipinski definition) is 2. The molecular formula is C18H19BrFNO. The molecule has 1 aliphatic heterocycles. The summed E-state index contributed by atoms with van der Waals surface area (Å²) in [4.78, 5) is 2.42. The third-order valence-corrected chi connectivity index (χ3v) is 4.82. The van der Waals surface area contributed by atoms with E-state index in [-0.39, 0.29) is 5.82 Å². The van der Waals surface area contributed by atoms with E-state index in [4.69, 9.17) is 4.74 Å². The van der Waals surface area contributed by atoms with E-state index >= 15 is 0 Å². The molecule has 0 amide bonds. The van der Waals surface area contributed by atoms with Crippen molar-refractivity contribution >= 4 is 15.9 Å². The minimum atomic E-state index is -0.156. The number of rotatable bonds is 4. The van der Waals surface area contributed by atoms with E-state index in [0.717, 1.165) is 41.7 Å². The number of benzene rings is 2. The monoisotopic (exact) mass is 363 g/mol. The predicted octanol–water partition coefficient (Wildman–Crippen LogP) is 4.93. The normalized spacial score (nSPS) is 18.6. The van der Waals surface area contributed by atoms with Crippen LogP contribution in [0.2, 0.25) is 0 Å². The number of hydrogen-bond donors (Lipinski definition) is 0. The standard InChI is InChI=1S/C18H19BrFNO/c1-22-18-8-7-13(10-16(18)19)12-21-9-3-6-17(21)14-4-2-5-15(20)11-14/h2,4-5,7-8,10-11,17H,3,6,9,12H2,1H3/t17-/m1/s1. The molecule has 3 rings (SSSR count). The Bertz CT molecular complexity index is 661. The Labute approximate surface area is 139 Å². The first-order chi connectivity index (χ1) is 10.7. The average Bonchev–Trinajstić information content (AvgIpc) is 2.95. The lowest BCUT2D eigenvalue weighted by Crippen LogP contribution is -2.22. The van der Waals surface area contributed by atoms with Gasteiger partial charge in [-0.15, -0.1) is 0 Å². The maximum Gasteiger partial charge on any atom is 0.133 e. The molecule has 0 N–H and O–H groups in total. The third-order valence-electron chi connectivity index (χ3n) is 4.20. The van der Waals surface area contributed by atoms with Crippen LogP contribution in [0.25, 0.3) is 0 Å². The van der Waals surface area contributed by atoms with Gasteiger partial charge in [-0.05, 0) is 70.7 Å². The Morgan fingerprint density at radius 1 is 1.27 bits per heavy atom. The van der Waals surface area contributed by atoms with Crippen molar-refractivity contribution in [2.45, 2.75) is 25.4 Å². The molecule has 1 atom stereocenters. The van der Waals surface area contributed by atoms with Crippen molar-refractivity contribution in [1.82, 2.24) is 4.90 Å². The quantitative estimate of drug-likeness (QED) is 0.763. The first-order valence-corrected chi connectivity index (χ1v) is 8.28. The number of ether oxygens (including phenoxy) is 1. The molecule has 116 valence electrons. The zero-order valence-electron chi connectivity index (χ0n) is 12.6. The molecule has 22 heavy (non-hydrogen) atoms. The van der Waals surface area contributed by atoms with Gasteiger partial charge in [-0.3, -0.25) is 4.90 Å². The van der Waals surface area contributed by atoms with Crippen LogP contribution < -0.4 is 4.74 Å². The smallest absolute Gasteiger partial charge is 0.133 e. The van der Waals surface area contributed by atoms with Crippen molar-refractivity contribution in [3.05, 3.63) is 63.9 Å². The fourth-order valence-corrected chi connectivity index (χ4v) is 3.74. The van der Waals surface area contributed by atoms with Crippen LogP contribution in [0.1, 0.15) is 30.0 Å². The van der Waals surface area contributed by atoms with Gasteiger partial charge in [-0.25, -0.2) is 4.39 Å². The molecule has 1 aliphatic rings. The second-order valence-corrected chi connectivity index (χ2v) is 6.51. The van der Waals surface area contributed by atoms with E-state index in [2.05, 4.69) is 33.0 Å². The summed E-state index contributed by atoms with van der Waals surface area (Å²) < 4.78 is 19.7. The van der Waals surface area contributed by atoms with Gasteiger partial charge in [-0.1, -0.05) is 18.2 Å². The summed E-state index contributed by atoms with van der Waals surface area (Å²) in [6.45, 7) is 1.91. The third kappa shape index (κ3) is 3.33. The first-order valence-electron chi connectivity index (χ1n) is 7.49. The SMILES string of the molecule is COc1ccc(CN2CCC[C@@H]2c2cccc(F)c2)cc1Br. The largest absolute Gasteiger partial charge is 0.496 e. The van der Waals surface area contributed by atoms with Crippen LogP contribution in [0.3, 0.4) is 0 Å². The topological polar surface area (TPSA) is 12.5 Å². The highest BCUT2D eigenvalue weighted by molar-refractivity contribution is 9.10. The molecule has 2 aromatic rings. The number of methoxy groups -OCH3 is 1. The minimum absolute atomic E-state index is 0.156. The van der Waals surface area contributed by atoms with E-state index < -0.39 is 0 Å². The summed E-state index contributed by atoms with van der Waals surface area (Å²) in [5.74, 6) is 0.684. The Kier molecular flexibility index (Phi) is 4.79. The summed E-state index contributed by atoms with van der Waals surface area (Å²) in [6, 6.07) is 13.4. The van der Waals surface area contributed by atoms with Crippen molar-refractivity contribution in [3.8, 4) is 5.75 Å². The van der Waals surface area contributed by atoms with Gasteiger partial charge in [0.25, 0.3) is 0 Å². The van der Waals surface area contributed by atoms with Crippen molar-refractivity contribution in [1.29, 1.82) is 0 Å². The van der Waals surface area contributed by atoms with Gasteiger partial charge in [0.05, 0.1) is 11.6 Å².